The van der Waals surface area contributed by atoms with Gasteiger partial charge in [-0.05, 0) is 19.9 Å². The molecule has 0 amide bonds. The molecular formula is C9H19NO2. The van der Waals surface area contributed by atoms with Crippen molar-refractivity contribution in [3.8, 4) is 0 Å². The molecule has 0 aromatic heterocycles. The smallest absolute Gasteiger partial charge is 0.165 e. The van der Waals surface area contributed by atoms with E-state index >= 15 is 0 Å². The Labute approximate surface area is 74.2 Å². The van der Waals surface area contributed by atoms with Gasteiger partial charge in [-0.15, -0.1) is 0 Å². The van der Waals surface area contributed by atoms with E-state index in [1.807, 2.05) is 6.92 Å². The first-order valence-corrected chi connectivity index (χ1v) is 4.64. The molecule has 3 heteroatoms. The minimum absolute atomic E-state index is 0.369. The van der Waals surface area contributed by atoms with Crippen molar-refractivity contribution in [3.05, 3.63) is 0 Å². The van der Waals surface area contributed by atoms with Gasteiger partial charge in [0.2, 0.25) is 0 Å². The van der Waals surface area contributed by atoms with E-state index in [-0.39, 0.29) is 5.79 Å². The Morgan fingerprint density at radius 3 is 2.50 bits per heavy atom. The van der Waals surface area contributed by atoms with Crippen LogP contribution >= 0.6 is 0 Å². The molecule has 1 aliphatic rings. The molecule has 1 aliphatic heterocycles. The van der Waals surface area contributed by atoms with Crippen molar-refractivity contribution >= 4 is 0 Å². The lowest BCUT2D eigenvalue weighted by molar-refractivity contribution is -0.273. The van der Waals surface area contributed by atoms with Crippen molar-refractivity contribution in [2.24, 2.45) is 11.7 Å². The van der Waals surface area contributed by atoms with Crippen molar-refractivity contribution in [3.63, 3.8) is 0 Å². The van der Waals surface area contributed by atoms with Crippen LogP contribution in [0.5, 0.6) is 0 Å². The van der Waals surface area contributed by atoms with Crippen molar-refractivity contribution in [1.29, 1.82) is 0 Å². The van der Waals surface area contributed by atoms with Gasteiger partial charge in [-0.2, -0.15) is 0 Å². The van der Waals surface area contributed by atoms with Crippen LogP contribution in [-0.2, 0) is 9.47 Å². The highest BCUT2D eigenvalue weighted by molar-refractivity contribution is 4.69. The molecule has 0 unspecified atom stereocenters. The van der Waals surface area contributed by atoms with Crippen LogP contribution in [-0.4, -0.2) is 25.5 Å². The van der Waals surface area contributed by atoms with Gasteiger partial charge < -0.3 is 15.2 Å². The van der Waals surface area contributed by atoms with E-state index in [0.29, 0.717) is 12.5 Å². The maximum Gasteiger partial charge on any atom is 0.165 e. The monoisotopic (exact) mass is 173 g/mol. The number of hydrogen-bond donors (Lipinski definition) is 1. The van der Waals surface area contributed by atoms with E-state index in [1.54, 1.807) is 0 Å². The third kappa shape index (κ3) is 2.73. The van der Waals surface area contributed by atoms with E-state index in [4.69, 9.17) is 15.2 Å². The van der Waals surface area contributed by atoms with Gasteiger partial charge >= 0.3 is 0 Å². The average Bonchev–Trinajstić information content (AvgIpc) is 2.08. The highest BCUT2D eigenvalue weighted by atomic mass is 16.7. The third-order valence-electron chi connectivity index (χ3n) is 2.18. The first-order chi connectivity index (χ1) is 5.66. The number of ether oxygens (including phenoxy) is 2. The Morgan fingerprint density at radius 1 is 1.42 bits per heavy atom. The highest BCUT2D eigenvalue weighted by Gasteiger charge is 2.30. The second-order valence-electron chi connectivity index (χ2n) is 3.75. The summed E-state index contributed by atoms with van der Waals surface area (Å²) < 4.78 is 11.2. The molecule has 3 nitrogen and oxygen atoms in total. The van der Waals surface area contributed by atoms with Crippen LogP contribution < -0.4 is 5.73 Å². The van der Waals surface area contributed by atoms with Gasteiger partial charge in [0.05, 0.1) is 13.2 Å². The summed E-state index contributed by atoms with van der Waals surface area (Å²) in [6, 6.07) is 0. The molecule has 0 aliphatic carbocycles. The van der Waals surface area contributed by atoms with E-state index < -0.39 is 0 Å². The highest BCUT2D eigenvalue weighted by Crippen LogP contribution is 2.25. The molecule has 1 heterocycles. The van der Waals surface area contributed by atoms with E-state index in [1.165, 1.54) is 0 Å². The zero-order valence-corrected chi connectivity index (χ0v) is 8.01. The Kier molecular flexibility index (Phi) is 3.50. The summed E-state index contributed by atoms with van der Waals surface area (Å²) >= 11 is 0. The van der Waals surface area contributed by atoms with E-state index in [0.717, 1.165) is 26.1 Å². The SMILES string of the molecule is CC1COC(C)(CCCN)OC1. The van der Waals surface area contributed by atoms with Gasteiger partial charge in [-0.25, -0.2) is 0 Å². The molecule has 2 N–H and O–H groups in total. The number of rotatable bonds is 3. The summed E-state index contributed by atoms with van der Waals surface area (Å²) in [7, 11) is 0. The van der Waals surface area contributed by atoms with Crippen LogP contribution in [0.1, 0.15) is 26.7 Å². The molecule has 0 radical (unpaired) electrons. The number of nitrogens with two attached hydrogens (primary N) is 1. The number of hydrogen-bond acceptors (Lipinski definition) is 3. The van der Waals surface area contributed by atoms with Crippen molar-refractivity contribution in [1.82, 2.24) is 0 Å². The molecule has 0 saturated carbocycles. The van der Waals surface area contributed by atoms with E-state index in [2.05, 4.69) is 6.92 Å². The maximum absolute atomic E-state index is 5.60. The van der Waals surface area contributed by atoms with Crippen LogP contribution in [0.3, 0.4) is 0 Å². The third-order valence-corrected chi connectivity index (χ3v) is 2.18. The fraction of sp³-hybridized carbons (Fsp3) is 1.00. The molecule has 0 aromatic rings. The fourth-order valence-electron chi connectivity index (χ4n) is 1.29. The average molecular weight is 173 g/mol. The largest absolute Gasteiger partial charge is 0.350 e. The Morgan fingerprint density at radius 2 is 2.00 bits per heavy atom. The molecule has 0 spiro atoms. The summed E-state index contributed by atoms with van der Waals surface area (Å²) in [5.41, 5.74) is 5.42. The molecule has 12 heavy (non-hydrogen) atoms. The fourth-order valence-corrected chi connectivity index (χ4v) is 1.29. The van der Waals surface area contributed by atoms with E-state index in [9.17, 15) is 0 Å². The standard InChI is InChI=1S/C9H19NO2/c1-8-6-11-9(2,12-7-8)4-3-5-10/h8H,3-7,10H2,1-2H3. The first-order valence-electron chi connectivity index (χ1n) is 4.64. The molecular weight excluding hydrogens is 154 g/mol. The van der Waals surface area contributed by atoms with Crippen LogP contribution in [0.25, 0.3) is 0 Å². The molecule has 1 rings (SSSR count). The zero-order chi connectivity index (χ0) is 9.03. The zero-order valence-electron chi connectivity index (χ0n) is 8.01. The van der Waals surface area contributed by atoms with Crippen molar-refractivity contribution in [2.45, 2.75) is 32.5 Å². The maximum atomic E-state index is 5.60. The summed E-state index contributed by atoms with van der Waals surface area (Å²) in [5.74, 6) is 0.155. The first kappa shape index (κ1) is 9.96. The van der Waals surface area contributed by atoms with Gasteiger partial charge in [0.1, 0.15) is 0 Å². The Hall–Kier alpha value is -0.120. The molecule has 0 atom stereocenters. The summed E-state index contributed by atoms with van der Waals surface area (Å²) in [6.07, 6.45) is 1.86. The Bertz CT molecular complexity index is 125. The predicted octanol–water partition coefficient (Wildman–Crippen LogP) is 1.12. The molecule has 1 saturated heterocycles. The lowest BCUT2D eigenvalue weighted by Gasteiger charge is -2.36. The topological polar surface area (TPSA) is 44.5 Å². The second kappa shape index (κ2) is 4.21. The van der Waals surface area contributed by atoms with Crippen molar-refractivity contribution in [2.75, 3.05) is 19.8 Å². The minimum atomic E-state index is -0.369. The van der Waals surface area contributed by atoms with Gasteiger partial charge in [-0.1, -0.05) is 6.92 Å². The second-order valence-corrected chi connectivity index (χ2v) is 3.75. The van der Waals surface area contributed by atoms with Gasteiger partial charge in [0.15, 0.2) is 5.79 Å². The molecule has 1 fully saturated rings. The van der Waals surface area contributed by atoms with Gasteiger partial charge in [0, 0.05) is 12.3 Å². The lowest BCUT2D eigenvalue weighted by atomic mass is 10.1. The van der Waals surface area contributed by atoms with Crippen LogP contribution in [0.4, 0.5) is 0 Å². The van der Waals surface area contributed by atoms with Crippen LogP contribution in [0.2, 0.25) is 0 Å². The van der Waals surface area contributed by atoms with Crippen LogP contribution in [0.15, 0.2) is 0 Å². The van der Waals surface area contributed by atoms with Crippen LogP contribution in [0, 0.1) is 5.92 Å². The Balaban J connectivity index is 2.29. The quantitative estimate of drug-likeness (QED) is 0.695. The van der Waals surface area contributed by atoms with Gasteiger partial charge in [0.25, 0.3) is 0 Å². The molecule has 72 valence electrons. The lowest BCUT2D eigenvalue weighted by Crippen LogP contribution is -2.41. The summed E-state index contributed by atoms with van der Waals surface area (Å²) in [5, 5.41) is 0. The molecule has 0 aromatic carbocycles. The normalized spacial score (nSPS) is 36.8. The molecule has 0 bridgehead atoms. The summed E-state index contributed by atoms with van der Waals surface area (Å²) in [4.78, 5) is 0. The van der Waals surface area contributed by atoms with Crippen molar-refractivity contribution < 1.29 is 9.47 Å². The predicted molar refractivity (Wildman–Crippen MR) is 47.8 cm³/mol. The van der Waals surface area contributed by atoms with Gasteiger partial charge in [-0.3, -0.25) is 0 Å². The summed E-state index contributed by atoms with van der Waals surface area (Å²) in [6.45, 7) is 6.44. The minimum Gasteiger partial charge on any atom is -0.350 e.